The van der Waals surface area contributed by atoms with Crippen LogP contribution in [0.2, 0.25) is 0 Å². The molecule has 4 saturated carbocycles. The number of H-pyrrole nitrogens is 1. The molecule has 0 amide bonds. The standard InChI is InChI=1S/C17H21N3/c1-10-2-3-14-15(18-10)20-16(19-14)17-7-11-4-12(8-17)6-13(5-11)9-17/h2-3,11-13H,4-9H2,1H3,(H,18,19,20). The van der Waals surface area contributed by atoms with E-state index in [-0.39, 0.29) is 0 Å². The number of hydrogen-bond acceptors (Lipinski definition) is 2. The molecule has 0 aliphatic heterocycles. The van der Waals surface area contributed by atoms with E-state index in [2.05, 4.69) is 22.1 Å². The molecule has 4 fully saturated rings. The van der Waals surface area contributed by atoms with Crippen LogP contribution in [0, 0.1) is 24.7 Å². The van der Waals surface area contributed by atoms with Gasteiger partial charge in [0.1, 0.15) is 5.82 Å². The molecule has 0 radical (unpaired) electrons. The summed E-state index contributed by atoms with van der Waals surface area (Å²) >= 11 is 0. The average molecular weight is 267 g/mol. The van der Waals surface area contributed by atoms with Crippen LogP contribution < -0.4 is 0 Å². The van der Waals surface area contributed by atoms with Crippen molar-refractivity contribution in [3.8, 4) is 0 Å². The Kier molecular flexibility index (Phi) is 2.05. The van der Waals surface area contributed by atoms with Crippen molar-refractivity contribution in [1.82, 2.24) is 15.0 Å². The van der Waals surface area contributed by atoms with Gasteiger partial charge in [0.25, 0.3) is 0 Å². The molecule has 4 aliphatic carbocycles. The summed E-state index contributed by atoms with van der Waals surface area (Å²) < 4.78 is 0. The first-order valence-electron chi connectivity index (χ1n) is 8.04. The van der Waals surface area contributed by atoms with Crippen molar-refractivity contribution in [3.63, 3.8) is 0 Å². The van der Waals surface area contributed by atoms with E-state index < -0.39 is 0 Å². The molecule has 1 N–H and O–H groups in total. The molecule has 0 aromatic carbocycles. The first kappa shape index (κ1) is 11.3. The van der Waals surface area contributed by atoms with Crippen LogP contribution in [0.25, 0.3) is 11.2 Å². The van der Waals surface area contributed by atoms with E-state index in [4.69, 9.17) is 4.98 Å². The van der Waals surface area contributed by atoms with Gasteiger partial charge in [-0.15, -0.1) is 0 Å². The molecule has 4 bridgehead atoms. The smallest absolute Gasteiger partial charge is 0.177 e. The fourth-order valence-electron chi connectivity index (χ4n) is 5.64. The SMILES string of the molecule is Cc1ccc2[nH]c(C34CC5CC(CC(C5)C3)C4)nc2n1. The predicted molar refractivity (Wildman–Crippen MR) is 78.5 cm³/mol. The Bertz CT molecular complexity index is 649. The molecule has 2 aromatic heterocycles. The van der Waals surface area contributed by atoms with E-state index in [1.54, 1.807) is 0 Å². The van der Waals surface area contributed by atoms with Gasteiger partial charge in [-0.05, 0) is 75.3 Å². The number of pyridine rings is 1. The first-order chi connectivity index (χ1) is 9.70. The number of hydrogen-bond donors (Lipinski definition) is 1. The summed E-state index contributed by atoms with van der Waals surface area (Å²) in [7, 11) is 0. The minimum absolute atomic E-state index is 0.351. The van der Waals surface area contributed by atoms with E-state index in [1.807, 2.05) is 6.92 Å². The van der Waals surface area contributed by atoms with Crippen LogP contribution in [0.15, 0.2) is 12.1 Å². The Labute approximate surface area is 119 Å². The van der Waals surface area contributed by atoms with Crippen molar-refractivity contribution < 1.29 is 0 Å². The van der Waals surface area contributed by atoms with Crippen LogP contribution in [-0.2, 0) is 5.41 Å². The van der Waals surface area contributed by atoms with Crippen LogP contribution in [0.5, 0.6) is 0 Å². The van der Waals surface area contributed by atoms with Gasteiger partial charge >= 0.3 is 0 Å². The predicted octanol–water partition coefficient (Wildman–Crippen LogP) is 3.73. The van der Waals surface area contributed by atoms with Gasteiger partial charge in [-0.3, -0.25) is 0 Å². The molecule has 2 aromatic rings. The van der Waals surface area contributed by atoms with E-state index in [9.17, 15) is 0 Å². The van der Waals surface area contributed by atoms with Gasteiger partial charge in [0.05, 0.1) is 5.52 Å². The van der Waals surface area contributed by atoms with Crippen molar-refractivity contribution in [1.29, 1.82) is 0 Å². The fraction of sp³-hybridized carbons (Fsp3) is 0.647. The molecule has 3 heteroatoms. The average Bonchev–Trinajstić information content (AvgIpc) is 2.80. The third-order valence-corrected chi connectivity index (χ3v) is 6.03. The number of aromatic amines is 1. The topological polar surface area (TPSA) is 41.6 Å². The number of aryl methyl sites for hydroxylation is 1. The molecule has 20 heavy (non-hydrogen) atoms. The van der Waals surface area contributed by atoms with Crippen LogP contribution in [-0.4, -0.2) is 15.0 Å². The van der Waals surface area contributed by atoms with Gasteiger partial charge < -0.3 is 4.98 Å². The van der Waals surface area contributed by atoms with Crippen molar-refractivity contribution in [2.45, 2.75) is 50.9 Å². The normalized spacial score (nSPS) is 38.8. The zero-order chi connectivity index (χ0) is 13.3. The second-order valence-corrected chi connectivity index (χ2v) is 7.61. The highest BCUT2D eigenvalue weighted by molar-refractivity contribution is 5.71. The van der Waals surface area contributed by atoms with Gasteiger partial charge in [0, 0.05) is 11.1 Å². The lowest BCUT2D eigenvalue weighted by Crippen LogP contribution is -2.49. The van der Waals surface area contributed by atoms with Crippen molar-refractivity contribution in [2.24, 2.45) is 17.8 Å². The Morgan fingerprint density at radius 3 is 2.30 bits per heavy atom. The monoisotopic (exact) mass is 267 g/mol. The third-order valence-electron chi connectivity index (χ3n) is 6.03. The Balaban J connectivity index is 1.63. The van der Waals surface area contributed by atoms with Crippen LogP contribution in [0.4, 0.5) is 0 Å². The summed E-state index contributed by atoms with van der Waals surface area (Å²) in [5.74, 6) is 4.13. The van der Waals surface area contributed by atoms with E-state index in [0.717, 1.165) is 34.6 Å². The molecule has 0 spiro atoms. The summed E-state index contributed by atoms with van der Waals surface area (Å²) in [6, 6.07) is 4.21. The number of rotatable bonds is 1. The Hall–Kier alpha value is -1.38. The molecule has 104 valence electrons. The zero-order valence-corrected chi connectivity index (χ0v) is 12.0. The summed E-state index contributed by atoms with van der Waals surface area (Å²) in [6.07, 6.45) is 8.53. The largest absolute Gasteiger partial charge is 0.340 e. The van der Waals surface area contributed by atoms with Crippen LogP contribution >= 0.6 is 0 Å². The van der Waals surface area contributed by atoms with Crippen molar-refractivity contribution in [2.75, 3.05) is 0 Å². The number of nitrogens with one attached hydrogen (secondary N) is 1. The number of nitrogens with zero attached hydrogens (tertiary/aromatic N) is 2. The van der Waals surface area contributed by atoms with Gasteiger partial charge in [-0.25, -0.2) is 9.97 Å². The van der Waals surface area contributed by atoms with Gasteiger partial charge in [-0.1, -0.05) is 0 Å². The highest BCUT2D eigenvalue weighted by Crippen LogP contribution is 2.60. The second kappa shape index (κ2) is 3.63. The van der Waals surface area contributed by atoms with Crippen molar-refractivity contribution >= 4 is 11.2 Å². The van der Waals surface area contributed by atoms with Gasteiger partial charge in [0.15, 0.2) is 5.65 Å². The highest BCUT2D eigenvalue weighted by Gasteiger charge is 2.53. The quantitative estimate of drug-likeness (QED) is 0.855. The molecule has 0 unspecified atom stereocenters. The van der Waals surface area contributed by atoms with E-state index in [0.29, 0.717) is 5.41 Å². The summed E-state index contributed by atoms with van der Waals surface area (Å²) in [6.45, 7) is 2.04. The molecule has 6 rings (SSSR count). The molecule has 0 saturated heterocycles. The summed E-state index contributed by atoms with van der Waals surface area (Å²) in [5.41, 5.74) is 3.43. The lowest BCUT2D eigenvalue weighted by atomic mass is 9.49. The zero-order valence-electron chi connectivity index (χ0n) is 12.0. The van der Waals surface area contributed by atoms with E-state index in [1.165, 1.54) is 44.3 Å². The molecule has 4 aliphatic rings. The highest BCUT2D eigenvalue weighted by atomic mass is 15.0. The molecule has 3 nitrogen and oxygen atoms in total. The second-order valence-electron chi connectivity index (χ2n) is 7.61. The molecular weight excluding hydrogens is 246 g/mol. The number of fused-ring (bicyclic) bond motifs is 1. The van der Waals surface area contributed by atoms with Crippen LogP contribution in [0.3, 0.4) is 0 Å². The maximum atomic E-state index is 4.90. The van der Waals surface area contributed by atoms with Gasteiger partial charge in [-0.2, -0.15) is 0 Å². The van der Waals surface area contributed by atoms with Crippen molar-refractivity contribution in [3.05, 3.63) is 23.7 Å². The summed E-state index contributed by atoms with van der Waals surface area (Å²) in [5, 5.41) is 0. The fourth-order valence-corrected chi connectivity index (χ4v) is 5.64. The van der Waals surface area contributed by atoms with Crippen LogP contribution in [0.1, 0.15) is 50.0 Å². The maximum Gasteiger partial charge on any atom is 0.177 e. The molecular formula is C17H21N3. The summed E-state index contributed by atoms with van der Waals surface area (Å²) in [4.78, 5) is 13.1. The number of aromatic nitrogens is 3. The molecule has 0 atom stereocenters. The Morgan fingerprint density at radius 1 is 1.00 bits per heavy atom. The molecule has 2 heterocycles. The Morgan fingerprint density at radius 2 is 1.65 bits per heavy atom. The lowest BCUT2D eigenvalue weighted by Gasteiger charge is -2.55. The first-order valence-corrected chi connectivity index (χ1v) is 8.04. The van der Waals surface area contributed by atoms with Gasteiger partial charge in [0.2, 0.25) is 0 Å². The lowest BCUT2D eigenvalue weighted by molar-refractivity contribution is -0.00887. The third kappa shape index (κ3) is 1.46. The minimum Gasteiger partial charge on any atom is -0.340 e. The maximum absolute atomic E-state index is 4.90. The van der Waals surface area contributed by atoms with E-state index >= 15 is 0 Å². The minimum atomic E-state index is 0.351. The number of imidazole rings is 1.